The summed E-state index contributed by atoms with van der Waals surface area (Å²) in [4.78, 5) is 19.2. The minimum Gasteiger partial charge on any atom is -0.382 e. The minimum atomic E-state index is -3.69. The number of sulfonamides is 1. The maximum Gasteiger partial charge on any atom is 0.267 e. The van der Waals surface area contributed by atoms with E-state index in [1.165, 1.54) is 35.5 Å². The SMILES string of the molecule is CC1CCCN(S(=O)(=O)c2ccc3nnn(OC(C)C(=O)Nc4ccc(F)c(Cl)c4)c3c2)C1. The van der Waals surface area contributed by atoms with Gasteiger partial charge in [-0.1, -0.05) is 23.4 Å². The van der Waals surface area contributed by atoms with E-state index in [2.05, 4.69) is 15.6 Å². The molecule has 0 radical (unpaired) electrons. The Morgan fingerprint density at radius 1 is 1.30 bits per heavy atom. The van der Waals surface area contributed by atoms with Crippen molar-refractivity contribution in [3.05, 3.63) is 47.2 Å². The lowest BCUT2D eigenvalue weighted by Gasteiger charge is -2.30. The highest BCUT2D eigenvalue weighted by molar-refractivity contribution is 7.89. The van der Waals surface area contributed by atoms with Crippen molar-refractivity contribution in [2.24, 2.45) is 5.92 Å². The van der Waals surface area contributed by atoms with Crippen molar-refractivity contribution in [2.45, 2.75) is 37.7 Å². The van der Waals surface area contributed by atoms with Gasteiger partial charge in [-0.05, 0) is 67.3 Å². The van der Waals surface area contributed by atoms with Crippen molar-refractivity contribution in [2.75, 3.05) is 18.4 Å². The predicted molar refractivity (Wildman–Crippen MR) is 121 cm³/mol. The van der Waals surface area contributed by atoms with Crippen LogP contribution >= 0.6 is 11.6 Å². The average Bonchev–Trinajstić information content (AvgIpc) is 3.18. The van der Waals surface area contributed by atoms with E-state index < -0.39 is 27.9 Å². The molecule has 1 aliphatic heterocycles. The van der Waals surface area contributed by atoms with Crippen molar-refractivity contribution in [1.82, 2.24) is 19.5 Å². The Balaban J connectivity index is 1.53. The third kappa shape index (κ3) is 4.94. The molecule has 1 aliphatic rings. The van der Waals surface area contributed by atoms with Crippen LogP contribution in [0.1, 0.15) is 26.7 Å². The number of amides is 1. The van der Waals surface area contributed by atoms with Gasteiger partial charge in [0.1, 0.15) is 16.9 Å². The molecule has 9 nitrogen and oxygen atoms in total. The van der Waals surface area contributed by atoms with E-state index in [0.29, 0.717) is 35.7 Å². The maximum atomic E-state index is 13.3. The van der Waals surface area contributed by atoms with Crippen LogP contribution < -0.4 is 10.2 Å². The lowest BCUT2D eigenvalue weighted by Crippen LogP contribution is -2.39. The molecule has 1 amide bonds. The summed E-state index contributed by atoms with van der Waals surface area (Å²) < 4.78 is 41.1. The fourth-order valence-corrected chi connectivity index (χ4v) is 5.44. The first-order chi connectivity index (χ1) is 15.6. The van der Waals surface area contributed by atoms with E-state index in [1.54, 1.807) is 6.07 Å². The summed E-state index contributed by atoms with van der Waals surface area (Å²) in [5, 5.41) is 10.3. The van der Waals surface area contributed by atoms with Crippen LogP contribution in [0.2, 0.25) is 5.02 Å². The van der Waals surface area contributed by atoms with E-state index in [9.17, 15) is 17.6 Å². The number of piperidine rings is 1. The number of fused-ring (bicyclic) bond motifs is 1. The Labute approximate surface area is 195 Å². The molecule has 2 unspecified atom stereocenters. The van der Waals surface area contributed by atoms with E-state index >= 15 is 0 Å². The smallest absolute Gasteiger partial charge is 0.267 e. The molecule has 2 atom stereocenters. The van der Waals surface area contributed by atoms with Gasteiger partial charge in [-0.25, -0.2) is 12.8 Å². The third-order valence-electron chi connectivity index (χ3n) is 5.46. The van der Waals surface area contributed by atoms with Gasteiger partial charge in [-0.3, -0.25) is 4.79 Å². The zero-order chi connectivity index (χ0) is 23.8. The summed E-state index contributed by atoms with van der Waals surface area (Å²) >= 11 is 5.74. The molecule has 0 saturated carbocycles. The molecule has 3 aromatic rings. The molecule has 2 aromatic carbocycles. The van der Waals surface area contributed by atoms with Crippen molar-refractivity contribution in [1.29, 1.82) is 0 Å². The van der Waals surface area contributed by atoms with Crippen LogP contribution in [0.15, 0.2) is 41.3 Å². The Kier molecular flexibility index (Phi) is 6.55. The zero-order valence-electron chi connectivity index (χ0n) is 18.0. The summed E-state index contributed by atoms with van der Waals surface area (Å²) in [5.41, 5.74) is 1.03. The van der Waals surface area contributed by atoms with Gasteiger partial charge in [0.05, 0.1) is 9.92 Å². The van der Waals surface area contributed by atoms with Crippen LogP contribution in [0.5, 0.6) is 0 Å². The van der Waals surface area contributed by atoms with Gasteiger partial charge in [-0.2, -0.15) is 4.31 Å². The largest absolute Gasteiger partial charge is 0.382 e. The highest BCUT2D eigenvalue weighted by Crippen LogP contribution is 2.25. The summed E-state index contributed by atoms with van der Waals surface area (Å²) in [6.45, 7) is 4.47. The number of halogens is 2. The quantitative estimate of drug-likeness (QED) is 0.563. The molecule has 4 rings (SSSR count). The molecular weight excluding hydrogens is 473 g/mol. The van der Waals surface area contributed by atoms with E-state index in [0.717, 1.165) is 23.8 Å². The second-order valence-electron chi connectivity index (χ2n) is 8.09. The monoisotopic (exact) mass is 495 g/mol. The number of carbonyl (C=O) groups excluding carboxylic acids is 1. The van der Waals surface area contributed by atoms with Crippen LogP contribution in [0.4, 0.5) is 10.1 Å². The van der Waals surface area contributed by atoms with Crippen LogP contribution in [-0.2, 0) is 14.8 Å². The minimum absolute atomic E-state index is 0.106. The van der Waals surface area contributed by atoms with E-state index in [4.69, 9.17) is 16.4 Å². The molecule has 1 N–H and O–H groups in total. The number of aromatic nitrogens is 3. The van der Waals surface area contributed by atoms with Gasteiger partial charge in [-0.15, -0.1) is 5.10 Å². The molecular formula is C21H23ClFN5O4S. The first-order valence-electron chi connectivity index (χ1n) is 10.4. The number of carbonyl (C=O) groups is 1. The highest BCUT2D eigenvalue weighted by Gasteiger charge is 2.29. The van der Waals surface area contributed by atoms with Gasteiger partial charge >= 0.3 is 0 Å². The number of nitrogens with zero attached hydrogens (tertiary/aromatic N) is 4. The Bertz CT molecular complexity index is 1300. The van der Waals surface area contributed by atoms with Gasteiger partial charge in [0.2, 0.25) is 16.1 Å². The van der Waals surface area contributed by atoms with Crippen LogP contribution in [0.25, 0.3) is 11.0 Å². The molecule has 33 heavy (non-hydrogen) atoms. The van der Waals surface area contributed by atoms with Crippen LogP contribution in [0.3, 0.4) is 0 Å². The summed E-state index contributed by atoms with van der Waals surface area (Å²) in [5.74, 6) is -0.839. The Morgan fingerprint density at radius 2 is 2.09 bits per heavy atom. The number of hydrogen-bond donors (Lipinski definition) is 1. The summed E-state index contributed by atoms with van der Waals surface area (Å²) in [6.07, 6.45) is 0.790. The number of rotatable bonds is 6. The first-order valence-corrected chi connectivity index (χ1v) is 12.3. The molecule has 1 fully saturated rings. The zero-order valence-corrected chi connectivity index (χ0v) is 19.6. The standard InChI is InChI=1S/C21H23ClFN5O4S/c1-13-4-3-9-27(12-13)33(30,31)16-6-8-19-20(11-16)28(26-25-19)32-14(2)21(29)24-15-5-7-18(23)17(22)10-15/h5-8,10-11,13-14H,3-4,9,12H2,1-2H3,(H,24,29). The molecule has 12 heteroatoms. The lowest BCUT2D eigenvalue weighted by molar-refractivity contribution is -0.127. The summed E-state index contributed by atoms with van der Waals surface area (Å²) in [6, 6.07) is 8.27. The first kappa shape index (κ1) is 23.4. The fourth-order valence-electron chi connectivity index (χ4n) is 3.65. The second-order valence-corrected chi connectivity index (χ2v) is 10.4. The van der Waals surface area contributed by atoms with Crippen molar-refractivity contribution in [3.63, 3.8) is 0 Å². The Morgan fingerprint density at radius 3 is 2.82 bits per heavy atom. The van der Waals surface area contributed by atoms with E-state index in [-0.39, 0.29) is 9.92 Å². The van der Waals surface area contributed by atoms with Gasteiger partial charge in [0, 0.05) is 18.8 Å². The predicted octanol–water partition coefficient (Wildman–Crippen LogP) is 3.10. The maximum absolute atomic E-state index is 13.3. The van der Waals surface area contributed by atoms with Gasteiger partial charge < -0.3 is 10.2 Å². The van der Waals surface area contributed by atoms with E-state index in [1.807, 2.05) is 6.92 Å². The molecule has 1 aromatic heterocycles. The molecule has 1 saturated heterocycles. The topological polar surface area (TPSA) is 106 Å². The number of nitrogens with one attached hydrogen (secondary N) is 1. The van der Waals surface area contributed by atoms with Gasteiger partial charge in [0.15, 0.2) is 0 Å². The average molecular weight is 496 g/mol. The molecule has 176 valence electrons. The Hall–Kier alpha value is -2.76. The number of hydrogen-bond acceptors (Lipinski definition) is 6. The third-order valence-corrected chi connectivity index (χ3v) is 7.61. The normalized spacial score (nSPS) is 18.2. The number of benzene rings is 2. The van der Waals surface area contributed by atoms with Crippen LogP contribution in [0, 0.1) is 11.7 Å². The van der Waals surface area contributed by atoms with Gasteiger partial charge in [0.25, 0.3) is 5.91 Å². The van der Waals surface area contributed by atoms with Crippen LogP contribution in [-0.4, -0.2) is 53.0 Å². The summed E-state index contributed by atoms with van der Waals surface area (Å²) in [7, 11) is -3.69. The molecule has 0 bridgehead atoms. The van der Waals surface area contributed by atoms with Crippen molar-refractivity contribution in [3.8, 4) is 0 Å². The highest BCUT2D eigenvalue weighted by atomic mass is 35.5. The molecule has 0 spiro atoms. The lowest BCUT2D eigenvalue weighted by atomic mass is 10.0. The number of anilines is 1. The fraction of sp³-hybridized carbons (Fsp3) is 0.381. The molecule has 0 aliphatic carbocycles. The second kappa shape index (κ2) is 9.24. The van der Waals surface area contributed by atoms with Crippen molar-refractivity contribution >= 4 is 44.3 Å². The van der Waals surface area contributed by atoms with Crippen molar-refractivity contribution < 1.29 is 22.4 Å². The molecule has 2 heterocycles.